The highest BCUT2D eigenvalue weighted by Crippen LogP contribution is 2.19. The van der Waals surface area contributed by atoms with Crippen LogP contribution in [-0.4, -0.2) is 54.6 Å². The summed E-state index contributed by atoms with van der Waals surface area (Å²) < 4.78 is 4.88. The molecule has 1 aliphatic rings. The molecule has 26 heavy (non-hydrogen) atoms. The van der Waals surface area contributed by atoms with Gasteiger partial charge in [-0.2, -0.15) is 0 Å². The van der Waals surface area contributed by atoms with Crippen molar-refractivity contribution in [2.75, 3.05) is 36.9 Å². The molecule has 1 fully saturated rings. The van der Waals surface area contributed by atoms with Gasteiger partial charge in [0.1, 0.15) is 5.76 Å². The minimum Gasteiger partial charge on any atom is -0.360 e. The lowest BCUT2D eigenvalue weighted by atomic mass is 10.1. The normalized spacial score (nSPS) is 13.5. The number of carbonyl (C=O) groups is 3. The van der Waals surface area contributed by atoms with E-state index in [9.17, 15) is 14.4 Å². The first-order chi connectivity index (χ1) is 12.4. The van der Waals surface area contributed by atoms with Crippen molar-refractivity contribution >= 4 is 29.4 Å². The van der Waals surface area contributed by atoms with E-state index in [0.29, 0.717) is 35.9 Å². The molecule has 136 valence electrons. The molecule has 9 nitrogen and oxygen atoms in total. The number of nitrogens with zero attached hydrogens (tertiary/aromatic N) is 3. The van der Waals surface area contributed by atoms with Crippen molar-refractivity contribution in [3.05, 3.63) is 41.7 Å². The first-order valence-corrected chi connectivity index (χ1v) is 8.08. The molecule has 4 amide bonds. The van der Waals surface area contributed by atoms with Gasteiger partial charge in [0.15, 0.2) is 5.82 Å². The number of aryl methyl sites for hydroxylation is 1. The minimum absolute atomic E-state index is 0.140. The van der Waals surface area contributed by atoms with Gasteiger partial charge in [0.2, 0.25) is 5.91 Å². The van der Waals surface area contributed by atoms with E-state index < -0.39 is 0 Å². The third-order valence-corrected chi connectivity index (χ3v) is 3.88. The molecule has 0 unspecified atom stereocenters. The lowest BCUT2D eigenvalue weighted by Crippen LogP contribution is -2.35. The fourth-order valence-corrected chi connectivity index (χ4v) is 2.64. The lowest BCUT2D eigenvalue weighted by Gasteiger charge is -2.18. The lowest BCUT2D eigenvalue weighted by molar-refractivity contribution is -0.116. The molecule has 0 radical (unpaired) electrons. The molecule has 1 saturated heterocycles. The van der Waals surface area contributed by atoms with Crippen molar-refractivity contribution in [1.82, 2.24) is 15.4 Å². The van der Waals surface area contributed by atoms with E-state index in [2.05, 4.69) is 15.8 Å². The summed E-state index contributed by atoms with van der Waals surface area (Å²) in [6.07, 6.45) is 0. The molecular weight excluding hydrogens is 338 g/mol. The second kappa shape index (κ2) is 7.26. The Labute approximate surface area is 149 Å². The van der Waals surface area contributed by atoms with Gasteiger partial charge < -0.3 is 20.1 Å². The van der Waals surface area contributed by atoms with E-state index in [1.165, 1.54) is 11.9 Å². The quantitative estimate of drug-likeness (QED) is 0.837. The number of hydrogen-bond acceptors (Lipinski definition) is 5. The van der Waals surface area contributed by atoms with Crippen LogP contribution in [0.4, 0.5) is 16.3 Å². The Morgan fingerprint density at radius 2 is 2.19 bits per heavy atom. The van der Waals surface area contributed by atoms with Crippen molar-refractivity contribution in [1.29, 1.82) is 0 Å². The molecule has 2 N–H and O–H groups in total. The Morgan fingerprint density at radius 3 is 2.85 bits per heavy atom. The number of nitrogens with one attached hydrogen (secondary N) is 2. The van der Waals surface area contributed by atoms with Gasteiger partial charge in [-0.3, -0.25) is 14.5 Å². The van der Waals surface area contributed by atoms with Crippen LogP contribution in [-0.2, 0) is 4.79 Å². The van der Waals surface area contributed by atoms with Gasteiger partial charge in [0, 0.05) is 37.5 Å². The van der Waals surface area contributed by atoms with Gasteiger partial charge >= 0.3 is 6.03 Å². The molecule has 1 aromatic carbocycles. The maximum atomic E-state index is 12.6. The van der Waals surface area contributed by atoms with Crippen LogP contribution in [0.5, 0.6) is 0 Å². The van der Waals surface area contributed by atoms with Gasteiger partial charge in [-0.15, -0.1) is 0 Å². The highest BCUT2D eigenvalue weighted by Gasteiger charge is 2.22. The summed E-state index contributed by atoms with van der Waals surface area (Å²) in [7, 11) is 1.53. The number of carbonyl (C=O) groups excluding carboxylic acids is 3. The number of aromatic nitrogens is 1. The van der Waals surface area contributed by atoms with Crippen LogP contribution in [0.1, 0.15) is 16.1 Å². The number of rotatable bonds is 5. The molecule has 0 aliphatic carbocycles. The summed E-state index contributed by atoms with van der Waals surface area (Å²) in [4.78, 5) is 39.2. The third-order valence-electron chi connectivity index (χ3n) is 3.88. The number of likely N-dealkylation sites (N-methyl/N-ethyl adjacent to an activating group) is 1. The molecule has 2 aromatic rings. The second-order valence-corrected chi connectivity index (χ2v) is 5.97. The summed E-state index contributed by atoms with van der Waals surface area (Å²) in [5.74, 6) is 0.171. The molecule has 0 atom stereocenters. The largest absolute Gasteiger partial charge is 0.360 e. The molecule has 0 bridgehead atoms. The predicted molar refractivity (Wildman–Crippen MR) is 94.0 cm³/mol. The Balaban J connectivity index is 1.64. The van der Waals surface area contributed by atoms with Crippen molar-refractivity contribution in [2.45, 2.75) is 6.92 Å². The number of anilines is 2. The zero-order valence-corrected chi connectivity index (χ0v) is 14.5. The maximum absolute atomic E-state index is 12.6. The van der Waals surface area contributed by atoms with E-state index in [-0.39, 0.29) is 24.4 Å². The number of benzene rings is 1. The van der Waals surface area contributed by atoms with Crippen molar-refractivity contribution in [2.24, 2.45) is 0 Å². The molecule has 3 rings (SSSR count). The van der Waals surface area contributed by atoms with E-state index in [1.807, 2.05) is 0 Å². The molecule has 2 heterocycles. The van der Waals surface area contributed by atoms with E-state index in [0.717, 1.165) is 0 Å². The van der Waals surface area contributed by atoms with Crippen LogP contribution < -0.4 is 15.5 Å². The molecule has 0 saturated carbocycles. The summed E-state index contributed by atoms with van der Waals surface area (Å²) in [6.45, 7) is 2.69. The van der Waals surface area contributed by atoms with Crippen molar-refractivity contribution < 1.29 is 18.9 Å². The summed E-state index contributed by atoms with van der Waals surface area (Å²) in [6, 6.07) is 8.16. The van der Waals surface area contributed by atoms with Crippen LogP contribution in [0.25, 0.3) is 0 Å². The summed E-state index contributed by atoms with van der Waals surface area (Å²) >= 11 is 0. The summed E-state index contributed by atoms with van der Waals surface area (Å²) in [5, 5.41) is 8.95. The summed E-state index contributed by atoms with van der Waals surface area (Å²) in [5.41, 5.74) is 1.04. The van der Waals surface area contributed by atoms with Crippen LogP contribution >= 0.6 is 0 Å². The maximum Gasteiger partial charge on any atom is 0.321 e. The molecule has 9 heteroatoms. The standard InChI is InChI=1S/C17H19N5O4/c1-11-8-14(20-26-11)19-15(23)10-21(2)16(24)12-4-3-5-13(9-12)22-7-6-18-17(22)25/h3-5,8-9H,6-7,10H2,1-2H3,(H,18,25)(H,19,20,23). The van der Waals surface area contributed by atoms with E-state index in [4.69, 9.17) is 4.52 Å². The zero-order valence-electron chi connectivity index (χ0n) is 14.5. The molecule has 1 aromatic heterocycles. The minimum atomic E-state index is -0.385. The Hall–Kier alpha value is -3.36. The second-order valence-electron chi connectivity index (χ2n) is 5.97. The fraction of sp³-hybridized carbons (Fsp3) is 0.294. The van der Waals surface area contributed by atoms with Crippen LogP contribution in [0.15, 0.2) is 34.9 Å². The number of hydrogen-bond donors (Lipinski definition) is 2. The van der Waals surface area contributed by atoms with Gasteiger partial charge in [-0.1, -0.05) is 11.2 Å². The number of urea groups is 1. The first kappa shape index (κ1) is 17.5. The van der Waals surface area contributed by atoms with Crippen molar-refractivity contribution in [3.8, 4) is 0 Å². The van der Waals surface area contributed by atoms with Gasteiger partial charge in [0.25, 0.3) is 5.91 Å². The van der Waals surface area contributed by atoms with Crippen LogP contribution in [0.3, 0.4) is 0 Å². The smallest absolute Gasteiger partial charge is 0.321 e. The molecule has 1 aliphatic heterocycles. The van der Waals surface area contributed by atoms with Crippen molar-refractivity contribution in [3.63, 3.8) is 0 Å². The molecular formula is C17H19N5O4. The highest BCUT2D eigenvalue weighted by atomic mass is 16.5. The molecule has 0 spiro atoms. The third kappa shape index (κ3) is 3.82. The Bertz CT molecular complexity index is 847. The zero-order chi connectivity index (χ0) is 18.7. The fourth-order valence-electron chi connectivity index (χ4n) is 2.64. The van der Waals surface area contributed by atoms with Gasteiger partial charge in [-0.25, -0.2) is 4.79 Å². The van der Waals surface area contributed by atoms with Crippen LogP contribution in [0.2, 0.25) is 0 Å². The first-order valence-electron chi connectivity index (χ1n) is 8.08. The Kier molecular flexibility index (Phi) is 4.87. The Morgan fingerprint density at radius 1 is 1.38 bits per heavy atom. The predicted octanol–water partition coefficient (Wildman–Crippen LogP) is 1.22. The van der Waals surface area contributed by atoms with E-state index >= 15 is 0 Å². The van der Waals surface area contributed by atoms with E-state index in [1.54, 1.807) is 42.2 Å². The topological polar surface area (TPSA) is 108 Å². The number of amides is 4. The van der Waals surface area contributed by atoms with Gasteiger partial charge in [-0.05, 0) is 25.1 Å². The monoisotopic (exact) mass is 357 g/mol. The SMILES string of the molecule is Cc1cc(NC(=O)CN(C)C(=O)c2cccc(N3CCNC3=O)c2)no1. The highest BCUT2D eigenvalue weighted by molar-refractivity contribution is 6.00. The average Bonchev–Trinajstić information content (AvgIpc) is 3.22. The van der Waals surface area contributed by atoms with Crippen LogP contribution in [0, 0.1) is 6.92 Å². The van der Waals surface area contributed by atoms with Gasteiger partial charge in [0.05, 0.1) is 6.54 Å². The average molecular weight is 357 g/mol.